The highest BCUT2D eigenvalue weighted by Crippen LogP contribution is 2.49. The molecule has 0 N–H and O–H groups in total. The molecule has 0 unspecified atom stereocenters. The molecule has 0 bridgehead atoms. The molecule has 2 rings (SSSR count). The van der Waals surface area contributed by atoms with Gasteiger partial charge in [-0.25, -0.2) is 4.39 Å². The number of carbonyl (C=O) groups is 1. The zero-order valence-corrected chi connectivity index (χ0v) is 8.63. The van der Waals surface area contributed by atoms with Gasteiger partial charge in [0.25, 0.3) is 0 Å². The summed E-state index contributed by atoms with van der Waals surface area (Å²) >= 11 is 0. The topological polar surface area (TPSA) is 26.3 Å². The lowest BCUT2D eigenvalue weighted by molar-refractivity contribution is -0.147. The molecule has 1 fully saturated rings. The molecule has 1 saturated carbocycles. The van der Waals surface area contributed by atoms with Gasteiger partial charge < -0.3 is 4.74 Å². The Morgan fingerprint density at radius 1 is 1.40 bits per heavy atom. The van der Waals surface area contributed by atoms with Crippen LogP contribution in [0.3, 0.4) is 0 Å². The maximum absolute atomic E-state index is 12.7. The van der Waals surface area contributed by atoms with E-state index < -0.39 is 0 Å². The summed E-state index contributed by atoms with van der Waals surface area (Å²) in [6, 6.07) is 6.28. The molecular formula is C12H13FO2. The van der Waals surface area contributed by atoms with Crippen molar-refractivity contribution in [2.75, 3.05) is 7.11 Å². The summed E-state index contributed by atoms with van der Waals surface area (Å²) in [5, 5.41) is 0. The lowest BCUT2D eigenvalue weighted by atomic mass is 9.97. The number of ether oxygens (including phenoxy) is 1. The van der Waals surface area contributed by atoms with Crippen LogP contribution in [0.4, 0.5) is 4.39 Å². The van der Waals surface area contributed by atoms with Gasteiger partial charge in [0.15, 0.2) is 0 Å². The van der Waals surface area contributed by atoms with Gasteiger partial charge in [-0.15, -0.1) is 0 Å². The molecule has 0 aliphatic heterocycles. The van der Waals surface area contributed by atoms with Crippen LogP contribution in [-0.2, 0) is 16.0 Å². The van der Waals surface area contributed by atoms with E-state index in [1.807, 2.05) is 0 Å². The molecule has 0 atom stereocenters. The van der Waals surface area contributed by atoms with E-state index >= 15 is 0 Å². The lowest BCUT2D eigenvalue weighted by Crippen LogP contribution is -2.19. The van der Waals surface area contributed by atoms with E-state index in [1.54, 1.807) is 12.1 Å². The third kappa shape index (κ3) is 2.01. The zero-order chi connectivity index (χ0) is 10.9. The van der Waals surface area contributed by atoms with Crippen LogP contribution >= 0.6 is 0 Å². The fraction of sp³-hybridized carbons (Fsp3) is 0.417. The summed E-state index contributed by atoms with van der Waals surface area (Å²) in [5.74, 6) is -0.395. The number of benzene rings is 1. The van der Waals surface area contributed by atoms with Gasteiger partial charge in [0, 0.05) is 0 Å². The molecular weight excluding hydrogens is 195 g/mol. The van der Waals surface area contributed by atoms with Gasteiger partial charge in [-0.05, 0) is 37.0 Å². The zero-order valence-electron chi connectivity index (χ0n) is 8.63. The quantitative estimate of drug-likeness (QED) is 0.712. The van der Waals surface area contributed by atoms with E-state index in [0.717, 1.165) is 18.4 Å². The molecule has 1 aliphatic rings. The van der Waals surface area contributed by atoms with Crippen LogP contribution in [0.15, 0.2) is 24.3 Å². The fourth-order valence-electron chi connectivity index (χ4n) is 1.81. The highest BCUT2D eigenvalue weighted by molar-refractivity contribution is 5.80. The van der Waals surface area contributed by atoms with Gasteiger partial charge in [0.2, 0.25) is 0 Å². The van der Waals surface area contributed by atoms with Crippen molar-refractivity contribution in [1.82, 2.24) is 0 Å². The van der Waals surface area contributed by atoms with E-state index in [2.05, 4.69) is 0 Å². The predicted octanol–water partition coefficient (Wildman–Crippen LogP) is 2.32. The fourth-order valence-corrected chi connectivity index (χ4v) is 1.81. The Hall–Kier alpha value is -1.38. The van der Waals surface area contributed by atoms with E-state index in [-0.39, 0.29) is 17.2 Å². The minimum Gasteiger partial charge on any atom is -0.469 e. The molecule has 0 aromatic heterocycles. The van der Waals surface area contributed by atoms with Gasteiger partial charge >= 0.3 is 5.97 Å². The first kappa shape index (κ1) is 10.1. The lowest BCUT2D eigenvalue weighted by Gasteiger charge is -2.11. The van der Waals surface area contributed by atoms with E-state index in [4.69, 9.17) is 4.74 Å². The molecule has 0 amide bonds. The summed E-state index contributed by atoms with van der Waals surface area (Å²) in [6.45, 7) is 0. The molecule has 1 aromatic rings. The van der Waals surface area contributed by atoms with Crippen molar-refractivity contribution in [1.29, 1.82) is 0 Å². The summed E-state index contributed by atoms with van der Waals surface area (Å²) in [5.41, 5.74) is 0.659. The van der Waals surface area contributed by atoms with Gasteiger partial charge in [0.05, 0.1) is 12.5 Å². The molecule has 3 heteroatoms. The number of halogens is 1. The first-order valence-corrected chi connectivity index (χ1v) is 4.99. The number of esters is 1. The Balaban J connectivity index is 2.09. The summed E-state index contributed by atoms with van der Waals surface area (Å²) in [7, 11) is 1.41. The number of hydrogen-bond donors (Lipinski definition) is 0. The first-order valence-electron chi connectivity index (χ1n) is 4.99. The summed E-state index contributed by atoms with van der Waals surface area (Å²) in [4.78, 5) is 11.5. The van der Waals surface area contributed by atoms with Gasteiger partial charge in [-0.2, -0.15) is 0 Å². The molecule has 0 heterocycles. The second-order valence-electron chi connectivity index (χ2n) is 4.08. The molecule has 80 valence electrons. The SMILES string of the molecule is COC(=O)C1(Cc2ccc(F)cc2)CC1. The highest BCUT2D eigenvalue weighted by atomic mass is 19.1. The highest BCUT2D eigenvalue weighted by Gasteiger charge is 2.50. The monoisotopic (exact) mass is 208 g/mol. The van der Waals surface area contributed by atoms with Crippen molar-refractivity contribution >= 4 is 5.97 Å². The Morgan fingerprint density at radius 3 is 2.47 bits per heavy atom. The minimum absolute atomic E-state index is 0.146. The second kappa shape index (κ2) is 3.65. The molecule has 0 saturated heterocycles. The molecule has 0 radical (unpaired) electrons. The first-order chi connectivity index (χ1) is 7.16. The Morgan fingerprint density at radius 2 is 2.00 bits per heavy atom. The maximum atomic E-state index is 12.7. The van der Waals surface area contributed by atoms with Gasteiger partial charge in [-0.1, -0.05) is 12.1 Å². The van der Waals surface area contributed by atoms with Crippen LogP contribution < -0.4 is 0 Å². The van der Waals surface area contributed by atoms with Crippen LogP contribution in [0, 0.1) is 11.2 Å². The number of carbonyl (C=O) groups excluding carboxylic acids is 1. The van der Waals surface area contributed by atoms with Crippen LogP contribution in [-0.4, -0.2) is 13.1 Å². The summed E-state index contributed by atoms with van der Waals surface area (Å²) < 4.78 is 17.4. The number of rotatable bonds is 3. The standard InChI is InChI=1S/C12H13FO2/c1-15-11(14)12(6-7-12)8-9-2-4-10(13)5-3-9/h2-5H,6-8H2,1H3. The van der Waals surface area contributed by atoms with Gasteiger partial charge in [0.1, 0.15) is 5.82 Å². The van der Waals surface area contributed by atoms with Crippen molar-refractivity contribution in [3.63, 3.8) is 0 Å². The minimum atomic E-state index is -0.327. The van der Waals surface area contributed by atoms with Crippen LogP contribution in [0.25, 0.3) is 0 Å². The predicted molar refractivity (Wildman–Crippen MR) is 53.8 cm³/mol. The Kier molecular flexibility index (Phi) is 2.47. The normalized spacial score (nSPS) is 17.2. The van der Waals surface area contributed by atoms with E-state index in [0.29, 0.717) is 6.42 Å². The van der Waals surface area contributed by atoms with Crippen molar-refractivity contribution in [2.24, 2.45) is 5.41 Å². The summed E-state index contributed by atoms with van der Waals surface area (Å²) in [6.07, 6.45) is 2.40. The third-order valence-corrected chi connectivity index (χ3v) is 2.93. The largest absolute Gasteiger partial charge is 0.469 e. The van der Waals surface area contributed by atoms with Crippen molar-refractivity contribution in [3.05, 3.63) is 35.6 Å². The molecule has 1 aliphatic carbocycles. The molecule has 2 nitrogen and oxygen atoms in total. The molecule has 0 spiro atoms. The Labute approximate surface area is 88.1 Å². The number of hydrogen-bond acceptors (Lipinski definition) is 2. The number of methoxy groups -OCH3 is 1. The molecule has 15 heavy (non-hydrogen) atoms. The van der Waals surface area contributed by atoms with Gasteiger partial charge in [-0.3, -0.25) is 4.79 Å². The third-order valence-electron chi connectivity index (χ3n) is 2.93. The average Bonchev–Trinajstić information content (AvgIpc) is 3.01. The maximum Gasteiger partial charge on any atom is 0.312 e. The smallest absolute Gasteiger partial charge is 0.312 e. The van der Waals surface area contributed by atoms with Crippen LogP contribution in [0.5, 0.6) is 0 Å². The van der Waals surface area contributed by atoms with Crippen molar-refractivity contribution in [3.8, 4) is 0 Å². The van der Waals surface area contributed by atoms with Crippen LogP contribution in [0.1, 0.15) is 18.4 Å². The van der Waals surface area contributed by atoms with Crippen molar-refractivity contribution in [2.45, 2.75) is 19.3 Å². The Bertz CT molecular complexity index is 366. The molecule has 1 aromatic carbocycles. The second-order valence-corrected chi connectivity index (χ2v) is 4.08. The average molecular weight is 208 g/mol. The van der Waals surface area contributed by atoms with Crippen molar-refractivity contribution < 1.29 is 13.9 Å². The van der Waals surface area contributed by atoms with Crippen LogP contribution in [0.2, 0.25) is 0 Å². The van der Waals surface area contributed by atoms with E-state index in [1.165, 1.54) is 19.2 Å². The van der Waals surface area contributed by atoms with E-state index in [9.17, 15) is 9.18 Å².